The van der Waals surface area contributed by atoms with Crippen LogP contribution in [-0.4, -0.2) is 61.2 Å². The first-order chi connectivity index (χ1) is 10.2. The zero-order valence-electron chi connectivity index (χ0n) is 12.2. The van der Waals surface area contributed by atoms with Crippen molar-refractivity contribution in [1.82, 2.24) is 15.2 Å². The number of aromatic nitrogens is 1. The summed E-state index contributed by atoms with van der Waals surface area (Å²) >= 11 is 0. The molecule has 0 aliphatic carbocycles. The van der Waals surface area contributed by atoms with Gasteiger partial charge in [0.05, 0.1) is 25.5 Å². The maximum atomic E-state index is 12.7. The first-order valence-corrected chi connectivity index (χ1v) is 6.85. The van der Waals surface area contributed by atoms with E-state index >= 15 is 0 Å². The number of nitrogens with zero attached hydrogens (tertiary/aromatic N) is 2. The molecule has 1 aromatic rings. The largest absolute Gasteiger partial charge is 0.494 e. The third-order valence-electron chi connectivity index (χ3n) is 3.30. The number of hydrogen-bond acceptors (Lipinski definition) is 6. The summed E-state index contributed by atoms with van der Waals surface area (Å²) in [5, 5.41) is 3.10. The normalized spacial score (nSPS) is 18.2. The van der Waals surface area contributed by atoms with Crippen LogP contribution in [0.25, 0.3) is 0 Å². The Bertz CT molecular complexity index is 521. The van der Waals surface area contributed by atoms with Crippen molar-refractivity contribution in [2.45, 2.75) is 13.0 Å². The summed E-state index contributed by atoms with van der Waals surface area (Å²) in [5.74, 6) is -0.261. The molecule has 21 heavy (non-hydrogen) atoms. The molecule has 1 aromatic heterocycles. The van der Waals surface area contributed by atoms with Gasteiger partial charge in [-0.15, -0.1) is 0 Å². The van der Waals surface area contributed by atoms with Gasteiger partial charge in [-0.25, -0.2) is 4.79 Å². The average Bonchev–Trinajstić information content (AvgIpc) is 2.54. The van der Waals surface area contributed by atoms with Crippen LogP contribution in [0.15, 0.2) is 18.5 Å². The third-order valence-corrected chi connectivity index (χ3v) is 3.30. The standard InChI is InChI=1S/C14H19N3O4/c1-3-21-14(19)11-8-16-6-7-17(11)13(18)10-4-5-15-9-12(10)20-2/h4-5,9,11,16H,3,6-8H2,1-2H3. The van der Waals surface area contributed by atoms with Crippen LogP contribution in [-0.2, 0) is 9.53 Å². The summed E-state index contributed by atoms with van der Waals surface area (Å²) in [6, 6.07) is 0.967. The Labute approximate surface area is 123 Å². The summed E-state index contributed by atoms with van der Waals surface area (Å²) in [4.78, 5) is 30.1. The maximum absolute atomic E-state index is 12.7. The molecular formula is C14H19N3O4. The third kappa shape index (κ3) is 3.30. The molecule has 1 unspecified atom stereocenters. The molecule has 114 valence electrons. The van der Waals surface area contributed by atoms with E-state index in [9.17, 15) is 9.59 Å². The Kier molecular flexibility index (Phi) is 5.10. The molecule has 1 aliphatic rings. The van der Waals surface area contributed by atoms with Gasteiger partial charge in [0.25, 0.3) is 5.91 Å². The van der Waals surface area contributed by atoms with E-state index in [2.05, 4.69) is 10.3 Å². The number of pyridine rings is 1. The van der Waals surface area contributed by atoms with Crippen LogP contribution in [0.4, 0.5) is 0 Å². The molecule has 2 rings (SSSR count). The topological polar surface area (TPSA) is 80.8 Å². The van der Waals surface area contributed by atoms with Gasteiger partial charge in [0, 0.05) is 25.8 Å². The van der Waals surface area contributed by atoms with Crippen molar-refractivity contribution >= 4 is 11.9 Å². The minimum atomic E-state index is -0.621. The van der Waals surface area contributed by atoms with Gasteiger partial charge in [-0.2, -0.15) is 0 Å². The molecule has 2 heterocycles. The minimum absolute atomic E-state index is 0.256. The quantitative estimate of drug-likeness (QED) is 0.791. The van der Waals surface area contributed by atoms with Crippen LogP contribution in [0.3, 0.4) is 0 Å². The molecule has 0 aromatic carbocycles. The lowest BCUT2D eigenvalue weighted by atomic mass is 10.1. The number of hydrogen-bond donors (Lipinski definition) is 1. The molecule has 0 radical (unpaired) electrons. The monoisotopic (exact) mass is 293 g/mol. The van der Waals surface area contributed by atoms with Crippen molar-refractivity contribution in [1.29, 1.82) is 0 Å². The number of esters is 1. The first kappa shape index (κ1) is 15.2. The van der Waals surface area contributed by atoms with E-state index in [0.29, 0.717) is 30.9 Å². The van der Waals surface area contributed by atoms with Crippen molar-refractivity contribution in [3.8, 4) is 5.75 Å². The van der Waals surface area contributed by atoms with Gasteiger partial charge < -0.3 is 19.7 Å². The second-order valence-electron chi connectivity index (χ2n) is 4.55. The summed E-state index contributed by atoms with van der Waals surface area (Å²) < 4.78 is 10.2. The summed E-state index contributed by atoms with van der Waals surface area (Å²) in [6.45, 7) is 3.49. The summed E-state index contributed by atoms with van der Waals surface area (Å²) in [5.41, 5.74) is 0.392. The van der Waals surface area contributed by atoms with Gasteiger partial charge in [0.1, 0.15) is 11.8 Å². The van der Waals surface area contributed by atoms with Crippen LogP contribution >= 0.6 is 0 Å². The lowest BCUT2D eigenvalue weighted by molar-refractivity contribution is -0.149. The number of carbonyl (C=O) groups is 2. The van der Waals surface area contributed by atoms with E-state index in [1.54, 1.807) is 13.0 Å². The van der Waals surface area contributed by atoms with E-state index in [-0.39, 0.29) is 12.5 Å². The lowest BCUT2D eigenvalue weighted by Gasteiger charge is -2.34. The Balaban J connectivity index is 2.24. The van der Waals surface area contributed by atoms with E-state index in [4.69, 9.17) is 9.47 Å². The highest BCUT2D eigenvalue weighted by Gasteiger charge is 2.34. The minimum Gasteiger partial charge on any atom is -0.494 e. The molecule has 1 atom stereocenters. The van der Waals surface area contributed by atoms with Gasteiger partial charge in [-0.3, -0.25) is 9.78 Å². The molecule has 7 nitrogen and oxygen atoms in total. The zero-order valence-corrected chi connectivity index (χ0v) is 12.2. The summed E-state index contributed by atoms with van der Waals surface area (Å²) in [6.07, 6.45) is 3.01. The van der Waals surface area contributed by atoms with E-state index < -0.39 is 12.0 Å². The number of rotatable bonds is 4. The van der Waals surface area contributed by atoms with E-state index in [0.717, 1.165) is 0 Å². The second-order valence-corrected chi connectivity index (χ2v) is 4.55. The van der Waals surface area contributed by atoms with Crippen LogP contribution in [0.2, 0.25) is 0 Å². The fourth-order valence-corrected chi connectivity index (χ4v) is 2.27. The number of carbonyl (C=O) groups excluding carboxylic acids is 2. The fourth-order valence-electron chi connectivity index (χ4n) is 2.27. The van der Waals surface area contributed by atoms with Crippen LogP contribution < -0.4 is 10.1 Å². The molecule has 0 spiro atoms. The SMILES string of the molecule is CCOC(=O)C1CNCCN1C(=O)c1ccncc1OC. The molecule has 7 heteroatoms. The van der Waals surface area contributed by atoms with Crippen molar-refractivity contribution < 1.29 is 19.1 Å². The zero-order chi connectivity index (χ0) is 15.2. The Hall–Kier alpha value is -2.15. The van der Waals surface area contributed by atoms with Crippen LogP contribution in [0, 0.1) is 0 Å². The molecule has 1 fully saturated rings. The van der Waals surface area contributed by atoms with Gasteiger partial charge in [-0.1, -0.05) is 0 Å². The summed E-state index contributed by atoms with van der Waals surface area (Å²) in [7, 11) is 1.48. The second kappa shape index (κ2) is 7.03. The predicted octanol–water partition coefficient (Wildman–Crippen LogP) is 0.0673. The van der Waals surface area contributed by atoms with Gasteiger partial charge >= 0.3 is 5.97 Å². The van der Waals surface area contributed by atoms with Crippen LogP contribution in [0.5, 0.6) is 5.75 Å². The maximum Gasteiger partial charge on any atom is 0.330 e. The van der Waals surface area contributed by atoms with Gasteiger partial charge in [0.15, 0.2) is 0 Å². The highest BCUT2D eigenvalue weighted by molar-refractivity contribution is 5.99. The number of piperazine rings is 1. The average molecular weight is 293 g/mol. The van der Waals surface area contributed by atoms with Crippen molar-refractivity contribution in [3.05, 3.63) is 24.0 Å². The van der Waals surface area contributed by atoms with Crippen molar-refractivity contribution in [2.75, 3.05) is 33.4 Å². The molecule has 1 saturated heterocycles. The molecule has 0 bridgehead atoms. The van der Waals surface area contributed by atoms with Gasteiger partial charge in [0.2, 0.25) is 0 Å². The smallest absolute Gasteiger partial charge is 0.330 e. The molecule has 1 N–H and O–H groups in total. The first-order valence-electron chi connectivity index (χ1n) is 6.85. The predicted molar refractivity (Wildman–Crippen MR) is 75.1 cm³/mol. The van der Waals surface area contributed by atoms with Crippen molar-refractivity contribution in [3.63, 3.8) is 0 Å². The molecule has 1 aliphatic heterocycles. The number of ether oxygens (including phenoxy) is 2. The molecule has 0 saturated carbocycles. The Morgan fingerprint density at radius 1 is 1.52 bits per heavy atom. The number of methoxy groups -OCH3 is 1. The Morgan fingerprint density at radius 3 is 3.05 bits per heavy atom. The van der Waals surface area contributed by atoms with E-state index in [1.165, 1.54) is 24.4 Å². The Morgan fingerprint density at radius 2 is 2.33 bits per heavy atom. The highest BCUT2D eigenvalue weighted by Crippen LogP contribution is 2.20. The van der Waals surface area contributed by atoms with Gasteiger partial charge in [-0.05, 0) is 13.0 Å². The lowest BCUT2D eigenvalue weighted by Crippen LogP contribution is -2.57. The number of amides is 1. The highest BCUT2D eigenvalue weighted by atomic mass is 16.5. The van der Waals surface area contributed by atoms with E-state index in [1.807, 2.05) is 0 Å². The van der Waals surface area contributed by atoms with Crippen LogP contribution in [0.1, 0.15) is 17.3 Å². The number of nitrogens with one attached hydrogen (secondary N) is 1. The molecule has 1 amide bonds. The van der Waals surface area contributed by atoms with Crippen molar-refractivity contribution in [2.24, 2.45) is 0 Å². The molecular weight excluding hydrogens is 274 g/mol. The fraction of sp³-hybridized carbons (Fsp3) is 0.500.